The van der Waals surface area contributed by atoms with Gasteiger partial charge in [0.05, 0.1) is 18.4 Å². The summed E-state index contributed by atoms with van der Waals surface area (Å²) >= 11 is 0. The lowest BCUT2D eigenvalue weighted by Crippen LogP contribution is -2.06. The van der Waals surface area contributed by atoms with Gasteiger partial charge in [-0.1, -0.05) is 19.1 Å². The second-order valence-corrected chi connectivity index (χ2v) is 4.83. The number of hydrogen-bond acceptors (Lipinski definition) is 3. The lowest BCUT2D eigenvalue weighted by molar-refractivity contribution is 0.175. The van der Waals surface area contributed by atoms with E-state index < -0.39 is 6.10 Å². The second kappa shape index (κ2) is 6.57. The maximum Gasteiger partial charge on any atom is 0.119 e. The molecule has 0 aliphatic rings. The highest BCUT2D eigenvalue weighted by Crippen LogP contribution is 2.21. The van der Waals surface area contributed by atoms with Gasteiger partial charge < -0.3 is 9.84 Å². The molecule has 2 rings (SSSR count). The number of aromatic nitrogens is 2. The van der Waals surface area contributed by atoms with Gasteiger partial charge in [-0.3, -0.25) is 4.68 Å². The minimum Gasteiger partial charge on any atom is -0.494 e. The number of aliphatic hydroxyl groups excluding tert-OH is 1. The Morgan fingerprint density at radius 1 is 1.25 bits per heavy atom. The van der Waals surface area contributed by atoms with E-state index in [1.165, 1.54) is 0 Å². The van der Waals surface area contributed by atoms with E-state index in [4.69, 9.17) is 4.74 Å². The third-order valence-electron chi connectivity index (χ3n) is 3.37. The van der Waals surface area contributed by atoms with Crippen LogP contribution >= 0.6 is 0 Å². The Balaban J connectivity index is 2.06. The van der Waals surface area contributed by atoms with Gasteiger partial charge in [0.15, 0.2) is 0 Å². The lowest BCUT2D eigenvalue weighted by Gasteiger charge is -2.12. The molecule has 0 fully saturated rings. The Hall–Kier alpha value is -1.81. The number of nitrogens with zero attached hydrogens (tertiary/aromatic N) is 2. The van der Waals surface area contributed by atoms with Crippen molar-refractivity contribution >= 4 is 0 Å². The maximum atomic E-state index is 10.3. The van der Waals surface area contributed by atoms with Crippen LogP contribution in [0.15, 0.2) is 30.3 Å². The van der Waals surface area contributed by atoms with Gasteiger partial charge in [-0.15, -0.1) is 0 Å². The Bertz CT molecular complexity index is 546. The average molecular weight is 274 g/mol. The van der Waals surface area contributed by atoms with Crippen molar-refractivity contribution in [3.63, 3.8) is 0 Å². The Kier molecular flexibility index (Phi) is 4.79. The minimum atomic E-state index is -0.522. The van der Waals surface area contributed by atoms with Crippen LogP contribution in [-0.2, 0) is 19.9 Å². The van der Waals surface area contributed by atoms with Crippen LogP contribution in [0.3, 0.4) is 0 Å². The first kappa shape index (κ1) is 14.6. The molecule has 0 radical (unpaired) electrons. The average Bonchev–Trinajstić information content (AvgIpc) is 2.80. The van der Waals surface area contributed by atoms with Gasteiger partial charge in [0, 0.05) is 19.2 Å². The zero-order valence-corrected chi connectivity index (χ0v) is 12.3. The van der Waals surface area contributed by atoms with Crippen molar-refractivity contribution in [3.05, 3.63) is 47.3 Å². The highest BCUT2D eigenvalue weighted by atomic mass is 16.5. The topological polar surface area (TPSA) is 47.3 Å². The van der Waals surface area contributed by atoms with Crippen molar-refractivity contribution in [2.75, 3.05) is 6.61 Å². The fourth-order valence-electron chi connectivity index (χ4n) is 2.20. The lowest BCUT2D eigenvalue weighted by atomic mass is 10.0. The van der Waals surface area contributed by atoms with Crippen LogP contribution in [0.4, 0.5) is 0 Å². The minimum absolute atomic E-state index is 0.522. The van der Waals surface area contributed by atoms with E-state index >= 15 is 0 Å². The summed E-state index contributed by atoms with van der Waals surface area (Å²) in [5, 5.41) is 14.7. The molecular weight excluding hydrogens is 252 g/mol. The molecule has 4 heteroatoms. The van der Waals surface area contributed by atoms with Gasteiger partial charge in [0.25, 0.3) is 0 Å². The highest BCUT2D eigenvalue weighted by molar-refractivity contribution is 5.29. The van der Waals surface area contributed by atoms with Gasteiger partial charge in [-0.2, -0.15) is 5.10 Å². The normalized spacial score (nSPS) is 12.4. The summed E-state index contributed by atoms with van der Waals surface area (Å²) in [6.45, 7) is 4.68. The number of ether oxygens (including phenoxy) is 1. The van der Waals surface area contributed by atoms with E-state index in [-0.39, 0.29) is 0 Å². The number of hydrogen-bond donors (Lipinski definition) is 1. The Morgan fingerprint density at radius 3 is 2.50 bits per heavy atom. The molecule has 1 N–H and O–H groups in total. The largest absolute Gasteiger partial charge is 0.494 e. The van der Waals surface area contributed by atoms with Gasteiger partial charge in [0.2, 0.25) is 0 Å². The summed E-state index contributed by atoms with van der Waals surface area (Å²) in [6.07, 6.45) is 0.954. The first-order valence-electron chi connectivity index (χ1n) is 7.06. The molecule has 0 aliphatic carbocycles. The fraction of sp³-hybridized carbons (Fsp3) is 0.438. The predicted molar refractivity (Wildman–Crippen MR) is 78.9 cm³/mol. The summed E-state index contributed by atoms with van der Waals surface area (Å²) < 4.78 is 7.24. The summed E-state index contributed by atoms with van der Waals surface area (Å²) in [5.41, 5.74) is 3.00. The molecule has 0 saturated carbocycles. The molecule has 0 spiro atoms. The fourth-order valence-corrected chi connectivity index (χ4v) is 2.20. The smallest absolute Gasteiger partial charge is 0.119 e. The molecule has 1 unspecified atom stereocenters. The standard InChI is InChI=1S/C16H22N2O2/c1-4-13-10-14(18(3)17-13)11-16(19)12-6-8-15(9-7-12)20-5-2/h6-10,16,19H,4-5,11H2,1-3H3. The second-order valence-electron chi connectivity index (χ2n) is 4.83. The van der Waals surface area contributed by atoms with Crippen LogP contribution in [-0.4, -0.2) is 21.5 Å². The highest BCUT2D eigenvalue weighted by Gasteiger charge is 2.12. The van der Waals surface area contributed by atoms with E-state index in [1.807, 2.05) is 42.9 Å². The Labute approximate surface area is 120 Å². The molecule has 1 atom stereocenters. The van der Waals surface area contributed by atoms with Crippen LogP contribution in [0.25, 0.3) is 0 Å². The van der Waals surface area contributed by atoms with E-state index in [0.717, 1.165) is 29.1 Å². The molecule has 1 heterocycles. The first-order valence-corrected chi connectivity index (χ1v) is 7.06. The van der Waals surface area contributed by atoms with Crippen molar-refractivity contribution < 1.29 is 9.84 Å². The zero-order chi connectivity index (χ0) is 14.5. The Morgan fingerprint density at radius 2 is 1.95 bits per heavy atom. The molecule has 0 aliphatic heterocycles. The summed E-state index contributed by atoms with van der Waals surface area (Å²) in [5.74, 6) is 0.831. The van der Waals surface area contributed by atoms with E-state index in [9.17, 15) is 5.11 Å². The van der Waals surface area contributed by atoms with E-state index in [1.54, 1.807) is 0 Å². The number of aryl methyl sites for hydroxylation is 2. The van der Waals surface area contributed by atoms with Crippen LogP contribution in [0.1, 0.15) is 36.9 Å². The third-order valence-corrected chi connectivity index (χ3v) is 3.37. The molecule has 4 nitrogen and oxygen atoms in total. The van der Waals surface area contributed by atoms with Crippen LogP contribution in [0.5, 0.6) is 5.75 Å². The van der Waals surface area contributed by atoms with Gasteiger partial charge in [-0.25, -0.2) is 0 Å². The summed E-state index contributed by atoms with van der Waals surface area (Å²) in [4.78, 5) is 0. The van der Waals surface area contributed by atoms with Crippen molar-refractivity contribution in [1.82, 2.24) is 9.78 Å². The quantitative estimate of drug-likeness (QED) is 0.881. The van der Waals surface area contributed by atoms with Crippen molar-refractivity contribution in [2.45, 2.75) is 32.8 Å². The molecule has 0 bridgehead atoms. The monoisotopic (exact) mass is 274 g/mol. The van der Waals surface area contributed by atoms with Crippen LogP contribution < -0.4 is 4.74 Å². The van der Waals surface area contributed by atoms with Crippen LogP contribution in [0.2, 0.25) is 0 Å². The number of rotatable bonds is 6. The van der Waals surface area contributed by atoms with Gasteiger partial charge in [0.1, 0.15) is 5.75 Å². The first-order chi connectivity index (χ1) is 9.63. The zero-order valence-electron chi connectivity index (χ0n) is 12.3. The maximum absolute atomic E-state index is 10.3. The molecule has 1 aromatic carbocycles. The third kappa shape index (κ3) is 3.39. The molecule has 20 heavy (non-hydrogen) atoms. The molecular formula is C16H22N2O2. The van der Waals surface area contributed by atoms with Gasteiger partial charge in [-0.05, 0) is 37.1 Å². The molecule has 108 valence electrons. The molecule has 0 amide bonds. The SMILES string of the molecule is CCOc1ccc(C(O)Cc2cc(CC)nn2C)cc1. The van der Waals surface area contributed by atoms with Crippen molar-refractivity contribution in [3.8, 4) is 5.75 Å². The molecule has 1 aromatic heterocycles. The van der Waals surface area contributed by atoms with E-state index in [2.05, 4.69) is 18.1 Å². The molecule has 2 aromatic rings. The van der Waals surface area contributed by atoms with Gasteiger partial charge >= 0.3 is 0 Å². The van der Waals surface area contributed by atoms with Crippen molar-refractivity contribution in [2.24, 2.45) is 7.05 Å². The summed E-state index contributed by atoms with van der Waals surface area (Å²) in [7, 11) is 1.92. The number of benzene rings is 1. The van der Waals surface area contributed by atoms with Crippen molar-refractivity contribution in [1.29, 1.82) is 0 Å². The summed E-state index contributed by atoms with van der Waals surface area (Å²) in [6, 6.07) is 9.66. The van der Waals surface area contributed by atoms with E-state index in [0.29, 0.717) is 13.0 Å². The predicted octanol–water partition coefficient (Wildman–Crippen LogP) is 2.66. The molecule has 0 saturated heterocycles. The number of aliphatic hydroxyl groups is 1. The van der Waals surface area contributed by atoms with Crippen LogP contribution in [0, 0.1) is 0 Å².